The third-order valence-electron chi connectivity index (χ3n) is 2.84. The molecule has 100 valence electrons. The van der Waals surface area contributed by atoms with Crippen LogP contribution in [-0.4, -0.2) is 43.3 Å². The number of rotatable bonds is 4. The average Bonchev–Trinajstić information content (AvgIpc) is 2.46. The molecular weight excluding hydrogens is 262 g/mol. The smallest absolute Gasteiger partial charge is 0.0448 e. The zero-order valence-corrected chi connectivity index (χ0v) is 12.7. The molecular formula is C13H21N3S2. The van der Waals surface area contributed by atoms with Gasteiger partial charge in [-0.2, -0.15) is 0 Å². The molecule has 1 aromatic rings. The molecule has 1 N–H and O–H groups in total. The monoisotopic (exact) mass is 283 g/mol. The van der Waals surface area contributed by atoms with Crippen LogP contribution in [0.15, 0.2) is 38.4 Å². The van der Waals surface area contributed by atoms with E-state index in [0.717, 1.165) is 32.7 Å². The first-order valence-corrected chi connectivity index (χ1v) is 8.73. The second kappa shape index (κ2) is 7.28. The van der Waals surface area contributed by atoms with Crippen molar-refractivity contribution < 1.29 is 0 Å². The van der Waals surface area contributed by atoms with Crippen molar-refractivity contribution in [2.24, 2.45) is 4.36 Å². The van der Waals surface area contributed by atoms with Crippen molar-refractivity contribution in [3.8, 4) is 0 Å². The molecule has 1 heterocycles. The van der Waals surface area contributed by atoms with Gasteiger partial charge in [-0.3, -0.25) is 0 Å². The fourth-order valence-electron chi connectivity index (χ4n) is 1.94. The lowest BCUT2D eigenvalue weighted by Crippen LogP contribution is -2.44. The Morgan fingerprint density at radius 3 is 2.50 bits per heavy atom. The van der Waals surface area contributed by atoms with Gasteiger partial charge in [0.25, 0.3) is 0 Å². The van der Waals surface area contributed by atoms with Crippen LogP contribution in [0, 0.1) is 0 Å². The van der Waals surface area contributed by atoms with E-state index >= 15 is 0 Å². The highest BCUT2D eigenvalue weighted by Crippen LogP contribution is 2.19. The van der Waals surface area contributed by atoms with Crippen LogP contribution in [0.3, 0.4) is 0 Å². The maximum atomic E-state index is 4.79. The van der Waals surface area contributed by atoms with Crippen LogP contribution in [-0.2, 0) is 10.9 Å². The lowest BCUT2D eigenvalue weighted by atomic mass is 10.4. The molecule has 0 amide bonds. The van der Waals surface area contributed by atoms with E-state index in [0.29, 0.717) is 0 Å². The second-order valence-corrected chi connectivity index (χ2v) is 6.72. The minimum absolute atomic E-state index is 0.0755. The number of benzene rings is 1. The largest absolute Gasteiger partial charge is 0.314 e. The van der Waals surface area contributed by atoms with Gasteiger partial charge < -0.3 is 5.32 Å². The standard InChI is InChI=1S/C13H21N3S2/c1-3-15-18(16-10-8-14-9-11-16)13-6-4-12(17-2)5-7-13/h4-7,14H,3,8-11H2,1-2H3. The number of piperazine rings is 1. The Kier molecular flexibility index (Phi) is 5.69. The Balaban J connectivity index is 2.20. The lowest BCUT2D eigenvalue weighted by Gasteiger charge is -2.29. The fourth-order valence-corrected chi connectivity index (χ4v) is 4.11. The van der Waals surface area contributed by atoms with E-state index in [9.17, 15) is 0 Å². The van der Waals surface area contributed by atoms with Crippen LogP contribution in [0.5, 0.6) is 0 Å². The molecule has 1 aliphatic rings. The second-order valence-electron chi connectivity index (χ2n) is 4.06. The molecule has 3 nitrogen and oxygen atoms in total. The molecule has 1 saturated heterocycles. The summed E-state index contributed by atoms with van der Waals surface area (Å²) in [6, 6.07) is 8.87. The summed E-state index contributed by atoms with van der Waals surface area (Å²) in [5.74, 6) is 0. The molecule has 0 radical (unpaired) electrons. The van der Waals surface area contributed by atoms with Crippen molar-refractivity contribution in [1.82, 2.24) is 9.62 Å². The normalized spacial score (nSPS) is 19.0. The van der Waals surface area contributed by atoms with Gasteiger partial charge in [-0.25, -0.2) is 8.67 Å². The molecule has 0 aromatic heterocycles. The summed E-state index contributed by atoms with van der Waals surface area (Å²) in [5.41, 5.74) is 0. The number of hydrogen-bond acceptors (Lipinski definition) is 3. The van der Waals surface area contributed by atoms with Gasteiger partial charge in [0.05, 0.1) is 0 Å². The summed E-state index contributed by atoms with van der Waals surface area (Å²) >= 11 is 1.79. The molecule has 1 fully saturated rings. The van der Waals surface area contributed by atoms with Crippen molar-refractivity contribution in [2.75, 3.05) is 39.0 Å². The molecule has 0 bridgehead atoms. The van der Waals surface area contributed by atoms with Crippen molar-refractivity contribution >= 4 is 22.6 Å². The van der Waals surface area contributed by atoms with E-state index < -0.39 is 0 Å². The summed E-state index contributed by atoms with van der Waals surface area (Å²) in [4.78, 5) is 2.66. The lowest BCUT2D eigenvalue weighted by molar-refractivity contribution is 0.391. The quantitative estimate of drug-likeness (QED) is 0.860. The first-order valence-electron chi connectivity index (χ1n) is 6.37. The highest BCUT2D eigenvalue weighted by molar-refractivity contribution is 7.98. The van der Waals surface area contributed by atoms with E-state index in [1.807, 2.05) is 0 Å². The molecule has 0 spiro atoms. The number of hydrogen-bond donors (Lipinski definition) is 1. The van der Waals surface area contributed by atoms with Crippen molar-refractivity contribution in [1.29, 1.82) is 0 Å². The van der Waals surface area contributed by atoms with Crippen LogP contribution in [0.25, 0.3) is 0 Å². The molecule has 0 saturated carbocycles. The first-order chi connectivity index (χ1) is 8.85. The Morgan fingerprint density at radius 2 is 1.94 bits per heavy atom. The molecule has 18 heavy (non-hydrogen) atoms. The van der Waals surface area contributed by atoms with Crippen LogP contribution in [0.1, 0.15) is 6.92 Å². The predicted octanol–water partition coefficient (Wildman–Crippen LogP) is 2.41. The van der Waals surface area contributed by atoms with Crippen molar-refractivity contribution in [3.05, 3.63) is 24.3 Å². The van der Waals surface area contributed by atoms with Crippen molar-refractivity contribution in [3.63, 3.8) is 0 Å². The highest BCUT2D eigenvalue weighted by Gasteiger charge is 2.15. The van der Waals surface area contributed by atoms with Gasteiger partial charge in [-0.1, -0.05) is 0 Å². The third kappa shape index (κ3) is 3.57. The Labute approximate surface area is 117 Å². The minimum atomic E-state index is -0.0755. The fraction of sp³-hybridized carbons (Fsp3) is 0.538. The molecule has 5 heteroatoms. The number of nitrogens with one attached hydrogen (secondary N) is 1. The first kappa shape index (κ1) is 14.1. The SMILES string of the molecule is CC/N=S(/c1ccc(SC)cc1)N1CCNCC1. The van der Waals surface area contributed by atoms with Gasteiger partial charge >= 0.3 is 0 Å². The highest BCUT2D eigenvalue weighted by atomic mass is 32.2. The van der Waals surface area contributed by atoms with Gasteiger partial charge in [0.15, 0.2) is 0 Å². The average molecular weight is 283 g/mol. The van der Waals surface area contributed by atoms with E-state index in [2.05, 4.69) is 47.1 Å². The van der Waals surface area contributed by atoms with Gasteiger partial charge in [0, 0.05) is 53.4 Å². The summed E-state index contributed by atoms with van der Waals surface area (Å²) in [7, 11) is -0.0755. The molecule has 1 atom stereocenters. The van der Waals surface area contributed by atoms with Gasteiger partial charge in [0.2, 0.25) is 0 Å². The topological polar surface area (TPSA) is 27.6 Å². The van der Waals surface area contributed by atoms with Crippen LogP contribution < -0.4 is 5.32 Å². The van der Waals surface area contributed by atoms with Crippen LogP contribution in [0.2, 0.25) is 0 Å². The number of nitrogens with zero attached hydrogens (tertiary/aromatic N) is 2. The van der Waals surface area contributed by atoms with E-state index in [4.69, 9.17) is 4.36 Å². The summed E-state index contributed by atoms with van der Waals surface area (Å²) in [6.45, 7) is 7.35. The zero-order chi connectivity index (χ0) is 12.8. The predicted molar refractivity (Wildman–Crippen MR) is 81.3 cm³/mol. The van der Waals surface area contributed by atoms with Crippen molar-refractivity contribution in [2.45, 2.75) is 16.7 Å². The molecule has 1 aromatic carbocycles. The van der Waals surface area contributed by atoms with E-state index in [1.165, 1.54) is 9.79 Å². The van der Waals surface area contributed by atoms with Gasteiger partial charge in [-0.15, -0.1) is 11.8 Å². The van der Waals surface area contributed by atoms with E-state index in [1.54, 1.807) is 11.8 Å². The van der Waals surface area contributed by atoms with Crippen LogP contribution in [0.4, 0.5) is 0 Å². The van der Waals surface area contributed by atoms with Gasteiger partial charge in [0.1, 0.15) is 0 Å². The third-order valence-corrected chi connectivity index (χ3v) is 5.64. The number of thioether (sulfide) groups is 1. The van der Waals surface area contributed by atoms with E-state index in [-0.39, 0.29) is 10.9 Å². The zero-order valence-electron chi connectivity index (χ0n) is 11.1. The molecule has 1 unspecified atom stereocenters. The summed E-state index contributed by atoms with van der Waals surface area (Å²) in [6.07, 6.45) is 2.11. The molecule has 2 rings (SSSR count). The Hall–Kier alpha value is -0.360. The molecule has 1 aliphatic heterocycles. The maximum Gasteiger partial charge on any atom is 0.0448 e. The summed E-state index contributed by atoms with van der Waals surface area (Å²) in [5, 5.41) is 3.40. The van der Waals surface area contributed by atoms with Gasteiger partial charge in [-0.05, 0) is 37.4 Å². The maximum absolute atomic E-state index is 4.79. The Morgan fingerprint density at radius 1 is 1.28 bits per heavy atom. The molecule has 0 aliphatic carbocycles. The van der Waals surface area contributed by atoms with Crippen LogP contribution >= 0.6 is 11.8 Å². The summed E-state index contributed by atoms with van der Waals surface area (Å²) < 4.78 is 7.29. The Bertz CT molecular complexity index is 397. The minimum Gasteiger partial charge on any atom is -0.314 e.